The molecule has 4 nitrogen and oxygen atoms in total. The van der Waals surface area contributed by atoms with Gasteiger partial charge in [-0.2, -0.15) is 0 Å². The van der Waals surface area contributed by atoms with Gasteiger partial charge in [0.2, 0.25) is 0 Å². The molecule has 0 aromatic carbocycles. The SMILES string of the molecule is CCN1CCOC(Cn2cc(Br)cc(Br)c2=O)C1. The van der Waals surface area contributed by atoms with Crippen molar-refractivity contribution in [3.63, 3.8) is 0 Å². The topological polar surface area (TPSA) is 34.5 Å². The molecule has 0 spiro atoms. The Hall–Kier alpha value is -0.170. The van der Waals surface area contributed by atoms with Crippen LogP contribution < -0.4 is 5.56 Å². The molecule has 1 fully saturated rings. The van der Waals surface area contributed by atoms with E-state index in [1.54, 1.807) is 16.8 Å². The number of ether oxygens (including phenoxy) is 1. The van der Waals surface area contributed by atoms with E-state index in [2.05, 4.69) is 43.7 Å². The maximum Gasteiger partial charge on any atom is 0.264 e. The average Bonchev–Trinajstić information content (AvgIpc) is 2.35. The Morgan fingerprint density at radius 3 is 3.00 bits per heavy atom. The zero-order valence-electron chi connectivity index (χ0n) is 10.2. The molecule has 0 amide bonds. The smallest absolute Gasteiger partial charge is 0.264 e. The Labute approximate surface area is 123 Å². The van der Waals surface area contributed by atoms with Crippen molar-refractivity contribution in [3.8, 4) is 0 Å². The van der Waals surface area contributed by atoms with Crippen molar-refractivity contribution in [2.45, 2.75) is 19.6 Å². The third-order valence-corrected chi connectivity index (χ3v) is 4.08. The molecule has 1 aromatic heterocycles. The highest BCUT2D eigenvalue weighted by Crippen LogP contribution is 2.14. The second-order valence-corrected chi connectivity index (χ2v) is 6.12. The summed E-state index contributed by atoms with van der Waals surface area (Å²) in [4.78, 5) is 14.3. The van der Waals surface area contributed by atoms with E-state index in [0.29, 0.717) is 11.0 Å². The van der Waals surface area contributed by atoms with Gasteiger partial charge in [-0.3, -0.25) is 9.69 Å². The van der Waals surface area contributed by atoms with Gasteiger partial charge in [0.25, 0.3) is 5.56 Å². The molecule has 0 aliphatic carbocycles. The second kappa shape index (κ2) is 6.32. The highest BCUT2D eigenvalue weighted by Gasteiger charge is 2.20. The van der Waals surface area contributed by atoms with Gasteiger partial charge in [-0.05, 0) is 44.5 Å². The van der Waals surface area contributed by atoms with Gasteiger partial charge in [0, 0.05) is 23.8 Å². The van der Waals surface area contributed by atoms with Crippen LogP contribution >= 0.6 is 31.9 Å². The summed E-state index contributed by atoms with van der Waals surface area (Å²) in [5, 5.41) is 0. The summed E-state index contributed by atoms with van der Waals surface area (Å²) in [5.74, 6) is 0. The molecule has 1 unspecified atom stereocenters. The molecule has 0 saturated carbocycles. The lowest BCUT2D eigenvalue weighted by Crippen LogP contribution is -2.45. The molecular formula is C12H16Br2N2O2. The van der Waals surface area contributed by atoms with E-state index in [0.717, 1.165) is 30.7 Å². The largest absolute Gasteiger partial charge is 0.374 e. The molecule has 0 bridgehead atoms. The molecule has 1 saturated heterocycles. The lowest BCUT2D eigenvalue weighted by Gasteiger charge is -2.32. The Bertz CT molecular complexity index is 476. The maximum absolute atomic E-state index is 12.0. The lowest BCUT2D eigenvalue weighted by molar-refractivity contribution is -0.0347. The van der Waals surface area contributed by atoms with Crippen molar-refractivity contribution >= 4 is 31.9 Å². The number of likely N-dealkylation sites (N-methyl/N-ethyl adjacent to an activating group) is 1. The zero-order valence-corrected chi connectivity index (χ0v) is 13.4. The average molecular weight is 380 g/mol. The standard InChI is InChI=1S/C12H16Br2N2O2/c1-2-15-3-4-18-10(7-15)8-16-6-9(13)5-11(14)12(16)17/h5-6,10H,2-4,7-8H2,1H3. The van der Waals surface area contributed by atoms with Crippen LogP contribution in [0.1, 0.15) is 6.92 Å². The molecule has 1 aliphatic rings. The summed E-state index contributed by atoms with van der Waals surface area (Å²) < 4.78 is 8.86. The van der Waals surface area contributed by atoms with Crippen LogP contribution in [-0.4, -0.2) is 41.8 Å². The first-order valence-corrected chi connectivity index (χ1v) is 7.58. The number of aromatic nitrogens is 1. The number of morpholine rings is 1. The van der Waals surface area contributed by atoms with Crippen LogP contribution in [0.4, 0.5) is 0 Å². The number of nitrogens with zero attached hydrogens (tertiary/aromatic N) is 2. The van der Waals surface area contributed by atoms with Crippen molar-refractivity contribution in [2.75, 3.05) is 26.2 Å². The number of hydrogen-bond donors (Lipinski definition) is 0. The van der Waals surface area contributed by atoms with E-state index in [-0.39, 0.29) is 11.7 Å². The van der Waals surface area contributed by atoms with Crippen molar-refractivity contribution in [1.82, 2.24) is 9.47 Å². The summed E-state index contributed by atoms with van der Waals surface area (Å²) in [7, 11) is 0. The Balaban J connectivity index is 2.12. The first-order valence-electron chi connectivity index (χ1n) is 5.99. The predicted octanol–water partition coefficient (Wildman–Crippen LogP) is 2.09. The molecule has 2 heterocycles. The number of halogens is 2. The van der Waals surface area contributed by atoms with Crippen LogP contribution in [-0.2, 0) is 11.3 Å². The summed E-state index contributed by atoms with van der Waals surface area (Å²) in [6.45, 7) is 6.36. The minimum atomic E-state index is -0.0181. The van der Waals surface area contributed by atoms with Gasteiger partial charge < -0.3 is 9.30 Å². The van der Waals surface area contributed by atoms with Gasteiger partial charge in [0.15, 0.2) is 0 Å². The van der Waals surface area contributed by atoms with Crippen LogP contribution in [0.15, 0.2) is 26.0 Å². The van der Waals surface area contributed by atoms with E-state index in [1.165, 1.54) is 0 Å². The molecule has 1 atom stereocenters. The summed E-state index contributed by atoms with van der Waals surface area (Å²) in [6, 6.07) is 1.76. The van der Waals surface area contributed by atoms with Crippen LogP contribution in [0.25, 0.3) is 0 Å². The van der Waals surface area contributed by atoms with Crippen molar-refractivity contribution in [3.05, 3.63) is 31.6 Å². The van der Waals surface area contributed by atoms with Crippen molar-refractivity contribution in [2.24, 2.45) is 0 Å². The normalized spacial score (nSPS) is 21.2. The fourth-order valence-corrected chi connectivity index (χ4v) is 3.36. The molecule has 6 heteroatoms. The second-order valence-electron chi connectivity index (χ2n) is 4.35. The van der Waals surface area contributed by atoms with E-state index in [9.17, 15) is 4.79 Å². The number of pyridine rings is 1. The van der Waals surface area contributed by atoms with E-state index in [1.807, 2.05) is 0 Å². The first-order chi connectivity index (χ1) is 8.60. The van der Waals surface area contributed by atoms with Crippen LogP contribution in [0.2, 0.25) is 0 Å². The zero-order chi connectivity index (χ0) is 13.1. The Morgan fingerprint density at radius 1 is 1.50 bits per heavy atom. The minimum absolute atomic E-state index is 0.0181. The highest BCUT2D eigenvalue weighted by atomic mass is 79.9. The molecular weight excluding hydrogens is 364 g/mol. The summed E-state index contributed by atoms with van der Waals surface area (Å²) in [5.41, 5.74) is -0.0181. The monoisotopic (exact) mass is 378 g/mol. The first kappa shape index (κ1) is 14.2. The lowest BCUT2D eigenvalue weighted by atomic mass is 10.2. The number of hydrogen-bond acceptors (Lipinski definition) is 3. The molecule has 1 aliphatic heterocycles. The van der Waals surface area contributed by atoms with Crippen molar-refractivity contribution < 1.29 is 4.74 Å². The van der Waals surface area contributed by atoms with Crippen LogP contribution in [0.3, 0.4) is 0 Å². The third kappa shape index (κ3) is 3.44. The van der Waals surface area contributed by atoms with Crippen molar-refractivity contribution in [1.29, 1.82) is 0 Å². The Kier molecular flexibility index (Phi) is 5.00. The van der Waals surface area contributed by atoms with Gasteiger partial charge in [-0.15, -0.1) is 0 Å². The fourth-order valence-electron chi connectivity index (χ4n) is 2.10. The molecule has 1 aromatic rings. The molecule has 2 rings (SSSR count). The van der Waals surface area contributed by atoms with Gasteiger partial charge >= 0.3 is 0 Å². The Morgan fingerprint density at radius 2 is 2.28 bits per heavy atom. The third-order valence-electron chi connectivity index (χ3n) is 3.08. The summed E-state index contributed by atoms with van der Waals surface area (Å²) >= 11 is 6.67. The highest BCUT2D eigenvalue weighted by molar-refractivity contribution is 9.11. The van der Waals surface area contributed by atoms with Gasteiger partial charge in [-0.25, -0.2) is 0 Å². The maximum atomic E-state index is 12.0. The van der Waals surface area contributed by atoms with Gasteiger partial charge in [0.05, 0.1) is 23.7 Å². The van der Waals surface area contributed by atoms with Gasteiger partial charge in [-0.1, -0.05) is 6.92 Å². The molecule has 0 N–H and O–H groups in total. The minimum Gasteiger partial charge on any atom is -0.374 e. The van der Waals surface area contributed by atoms with E-state index >= 15 is 0 Å². The summed E-state index contributed by atoms with van der Waals surface area (Å²) in [6.07, 6.45) is 1.89. The molecule has 100 valence electrons. The van der Waals surface area contributed by atoms with Crippen LogP contribution in [0.5, 0.6) is 0 Å². The molecule has 0 radical (unpaired) electrons. The van der Waals surface area contributed by atoms with Gasteiger partial charge in [0.1, 0.15) is 0 Å². The number of rotatable bonds is 3. The predicted molar refractivity (Wildman–Crippen MR) is 78.0 cm³/mol. The quantitative estimate of drug-likeness (QED) is 0.806. The van der Waals surface area contributed by atoms with E-state index in [4.69, 9.17) is 4.74 Å². The fraction of sp³-hybridized carbons (Fsp3) is 0.583. The van der Waals surface area contributed by atoms with Crippen LogP contribution in [0, 0.1) is 0 Å². The molecule has 18 heavy (non-hydrogen) atoms. The van der Waals surface area contributed by atoms with E-state index < -0.39 is 0 Å².